The average molecular weight is 349 g/mol. The topological polar surface area (TPSA) is 69.6 Å². The number of nitrogens with one attached hydrogen (secondary N) is 1. The smallest absolute Gasteiger partial charge is 0.408 e. The molecule has 108 valence electrons. The molecule has 2 unspecified atom stereocenters. The highest BCUT2D eigenvalue weighted by Gasteiger charge is 2.40. The molecule has 1 heterocycles. The Morgan fingerprint density at radius 3 is 2.80 bits per heavy atom. The normalized spacial score (nSPS) is 21.9. The van der Waals surface area contributed by atoms with Crippen LogP contribution in [-0.4, -0.2) is 40.8 Å². The van der Waals surface area contributed by atoms with Crippen LogP contribution >= 0.6 is 15.9 Å². The van der Waals surface area contributed by atoms with Crippen molar-refractivity contribution in [3.05, 3.63) is 28.5 Å². The van der Waals surface area contributed by atoms with Crippen LogP contribution in [-0.2, 0) is 4.79 Å². The molecule has 2 amide bonds. The summed E-state index contributed by atoms with van der Waals surface area (Å²) in [4.78, 5) is 23.6. The first-order valence-corrected chi connectivity index (χ1v) is 6.58. The first-order chi connectivity index (χ1) is 9.40. The van der Waals surface area contributed by atoms with Gasteiger partial charge < -0.3 is 10.4 Å². The number of carbonyl (C=O) groups excluding carboxylic acids is 1. The van der Waals surface area contributed by atoms with Crippen molar-refractivity contribution < 1.29 is 23.5 Å². The van der Waals surface area contributed by atoms with Crippen LogP contribution in [0.2, 0.25) is 0 Å². The van der Waals surface area contributed by atoms with E-state index in [4.69, 9.17) is 5.11 Å². The second-order valence-electron chi connectivity index (χ2n) is 4.37. The van der Waals surface area contributed by atoms with E-state index < -0.39 is 30.0 Å². The van der Waals surface area contributed by atoms with Crippen LogP contribution < -0.4 is 5.32 Å². The van der Waals surface area contributed by atoms with E-state index >= 15 is 0 Å². The number of likely N-dealkylation sites (tertiary alicyclic amines) is 1. The second kappa shape index (κ2) is 5.74. The Morgan fingerprint density at radius 2 is 2.15 bits per heavy atom. The Kier molecular flexibility index (Phi) is 4.22. The third-order valence-corrected chi connectivity index (χ3v) is 3.62. The number of hydrogen-bond acceptors (Lipinski definition) is 2. The van der Waals surface area contributed by atoms with Crippen molar-refractivity contribution in [2.24, 2.45) is 0 Å². The maximum atomic E-state index is 13.7. The third-order valence-electron chi connectivity index (χ3n) is 3.01. The van der Waals surface area contributed by atoms with E-state index in [0.717, 1.165) is 4.90 Å². The van der Waals surface area contributed by atoms with Crippen molar-refractivity contribution in [2.45, 2.75) is 18.6 Å². The van der Waals surface area contributed by atoms with E-state index in [1.165, 1.54) is 18.2 Å². The van der Waals surface area contributed by atoms with Gasteiger partial charge in [-0.2, -0.15) is 0 Å². The van der Waals surface area contributed by atoms with Gasteiger partial charge in [-0.15, -0.1) is 0 Å². The second-order valence-corrected chi connectivity index (χ2v) is 5.23. The largest absolute Gasteiger partial charge is 0.465 e. The number of nitrogens with zero attached hydrogens (tertiary/aromatic N) is 1. The molecule has 2 atom stereocenters. The molecule has 0 saturated carbocycles. The number of hydrogen-bond donors (Lipinski definition) is 2. The van der Waals surface area contributed by atoms with Crippen molar-refractivity contribution in [1.82, 2.24) is 4.90 Å². The minimum Gasteiger partial charge on any atom is -0.465 e. The molecule has 0 spiro atoms. The van der Waals surface area contributed by atoms with Crippen molar-refractivity contribution in [1.29, 1.82) is 0 Å². The number of carboxylic acid groups (broad SMARTS) is 1. The zero-order valence-corrected chi connectivity index (χ0v) is 11.7. The van der Waals surface area contributed by atoms with Crippen LogP contribution in [0.25, 0.3) is 0 Å². The summed E-state index contributed by atoms with van der Waals surface area (Å²) in [5, 5.41) is 11.2. The SMILES string of the molecule is O=C(Nc1cccc(Br)c1F)C1CC(F)CN1C(=O)O. The lowest BCUT2D eigenvalue weighted by Gasteiger charge is -2.20. The van der Waals surface area contributed by atoms with Crippen LogP contribution in [0.4, 0.5) is 19.3 Å². The number of amides is 2. The fourth-order valence-corrected chi connectivity index (χ4v) is 2.43. The minimum absolute atomic E-state index is 0.0861. The van der Waals surface area contributed by atoms with Crippen molar-refractivity contribution in [3.63, 3.8) is 0 Å². The van der Waals surface area contributed by atoms with Crippen molar-refractivity contribution in [3.8, 4) is 0 Å². The Labute approximate surface area is 121 Å². The first kappa shape index (κ1) is 14.7. The zero-order chi connectivity index (χ0) is 14.9. The lowest BCUT2D eigenvalue weighted by Crippen LogP contribution is -2.42. The predicted molar refractivity (Wildman–Crippen MR) is 70.8 cm³/mol. The molecule has 0 aliphatic carbocycles. The van der Waals surface area contributed by atoms with Crippen LogP contribution in [0.3, 0.4) is 0 Å². The summed E-state index contributed by atoms with van der Waals surface area (Å²) in [7, 11) is 0. The van der Waals surface area contributed by atoms with Crippen LogP contribution in [0.15, 0.2) is 22.7 Å². The Hall–Kier alpha value is -1.70. The monoisotopic (exact) mass is 348 g/mol. The summed E-state index contributed by atoms with van der Waals surface area (Å²) in [5.74, 6) is -1.41. The molecule has 0 bridgehead atoms. The third kappa shape index (κ3) is 2.90. The summed E-state index contributed by atoms with van der Waals surface area (Å²) < 4.78 is 27.1. The van der Waals surface area contributed by atoms with Gasteiger partial charge in [0.25, 0.3) is 0 Å². The fourth-order valence-electron chi connectivity index (χ4n) is 2.06. The van der Waals surface area contributed by atoms with Gasteiger partial charge in [0, 0.05) is 6.42 Å². The van der Waals surface area contributed by atoms with E-state index in [1.807, 2.05) is 0 Å². The van der Waals surface area contributed by atoms with Gasteiger partial charge in [0.15, 0.2) is 5.82 Å². The van der Waals surface area contributed by atoms with Gasteiger partial charge in [0.1, 0.15) is 12.2 Å². The maximum Gasteiger partial charge on any atom is 0.408 e. The Morgan fingerprint density at radius 1 is 1.45 bits per heavy atom. The molecule has 2 rings (SSSR count). The molecule has 1 saturated heterocycles. The number of anilines is 1. The molecule has 0 radical (unpaired) electrons. The maximum absolute atomic E-state index is 13.7. The van der Waals surface area contributed by atoms with Gasteiger partial charge in [-0.3, -0.25) is 9.69 Å². The standard InChI is InChI=1S/C12H11BrF2N2O3/c13-7-2-1-3-8(10(7)15)16-11(18)9-4-6(14)5-17(9)12(19)20/h1-3,6,9H,4-5H2,(H,16,18)(H,19,20). The molecule has 1 aliphatic rings. The molecule has 1 aromatic rings. The lowest BCUT2D eigenvalue weighted by molar-refractivity contribution is -0.120. The van der Waals surface area contributed by atoms with Gasteiger partial charge in [-0.25, -0.2) is 13.6 Å². The fraction of sp³-hybridized carbons (Fsp3) is 0.333. The van der Waals surface area contributed by atoms with Gasteiger partial charge in [0.05, 0.1) is 16.7 Å². The van der Waals surface area contributed by atoms with Crippen molar-refractivity contribution in [2.75, 3.05) is 11.9 Å². The number of halogens is 3. The quantitative estimate of drug-likeness (QED) is 0.863. The molecule has 1 fully saturated rings. The van der Waals surface area contributed by atoms with E-state index in [-0.39, 0.29) is 23.1 Å². The van der Waals surface area contributed by atoms with Crippen LogP contribution in [0.5, 0.6) is 0 Å². The van der Waals surface area contributed by atoms with Gasteiger partial charge in [-0.05, 0) is 28.1 Å². The molecular weight excluding hydrogens is 338 g/mol. The summed E-state index contributed by atoms with van der Waals surface area (Å²) in [6, 6.07) is 3.16. The van der Waals surface area contributed by atoms with Gasteiger partial charge in [-0.1, -0.05) is 6.07 Å². The van der Waals surface area contributed by atoms with E-state index in [0.29, 0.717) is 0 Å². The molecule has 2 N–H and O–H groups in total. The highest BCUT2D eigenvalue weighted by Crippen LogP contribution is 2.25. The molecule has 5 nitrogen and oxygen atoms in total. The highest BCUT2D eigenvalue weighted by atomic mass is 79.9. The van der Waals surface area contributed by atoms with E-state index in [1.54, 1.807) is 0 Å². The van der Waals surface area contributed by atoms with Crippen LogP contribution in [0.1, 0.15) is 6.42 Å². The molecule has 8 heteroatoms. The Bertz CT molecular complexity index is 556. The summed E-state index contributed by atoms with van der Waals surface area (Å²) in [5.41, 5.74) is -0.0861. The molecule has 0 aromatic heterocycles. The number of benzene rings is 1. The molecule has 1 aromatic carbocycles. The highest BCUT2D eigenvalue weighted by molar-refractivity contribution is 9.10. The van der Waals surface area contributed by atoms with Gasteiger partial charge in [0.2, 0.25) is 5.91 Å². The number of rotatable bonds is 2. The van der Waals surface area contributed by atoms with Crippen molar-refractivity contribution >= 4 is 33.6 Å². The number of alkyl halides is 1. The summed E-state index contributed by atoms with van der Waals surface area (Å²) >= 11 is 2.97. The molecule has 20 heavy (non-hydrogen) atoms. The zero-order valence-electron chi connectivity index (χ0n) is 10.1. The lowest BCUT2D eigenvalue weighted by atomic mass is 10.2. The van der Waals surface area contributed by atoms with Gasteiger partial charge >= 0.3 is 6.09 Å². The number of carbonyl (C=O) groups is 2. The van der Waals surface area contributed by atoms with Crippen LogP contribution in [0, 0.1) is 5.82 Å². The summed E-state index contributed by atoms with van der Waals surface area (Å²) in [6.45, 7) is -0.353. The minimum atomic E-state index is -1.39. The molecular formula is C12H11BrF2N2O3. The summed E-state index contributed by atoms with van der Waals surface area (Å²) in [6.07, 6.45) is -3.00. The van der Waals surface area contributed by atoms with E-state index in [2.05, 4.69) is 21.2 Å². The average Bonchev–Trinajstić information content (AvgIpc) is 2.77. The predicted octanol–water partition coefficient (Wildman–Crippen LogP) is 2.62. The first-order valence-electron chi connectivity index (χ1n) is 5.78. The van der Waals surface area contributed by atoms with E-state index in [9.17, 15) is 18.4 Å². The Balaban J connectivity index is 2.15. The molecule has 1 aliphatic heterocycles.